The summed E-state index contributed by atoms with van der Waals surface area (Å²) in [7, 11) is 2.00. The van der Waals surface area contributed by atoms with E-state index in [1.807, 2.05) is 11.9 Å². The van der Waals surface area contributed by atoms with Crippen LogP contribution < -0.4 is 15.1 Å². The second-order valence-corrected chi connectivity index (χ2v) is 8.63. The molecule has 0 spiro atoms. The van der Waals surface area contributed by atoms with Crippen LogP contribution in [0.2, 0.25) is 10.0 Å². The summed E-state index contributed by atoms with van der Waals surface area (Å²) in [6.45, 7) is 2.97. The highest BCUT2D eigenvalue weighted by molar-refractivity contribution is 6.35. The molecule has 1 fully saturated rings. The lowest BCUT2D eigenvalue weighted by Gasteiger charge is -2.34. The van der Waals surface area contributed by atoms with Crippen LogP contribution in [0.3, 0.4) is 0 Å². The van der Waals surface area contributed by atoms with Gasteiger partial charge in [-0.3, -0.25) is 14.5 Å². The van der Waals surface area contributed by atoms with E-state index in [0.717, 1.165) is 30.3 Å². The van der Waals surface area contributed by atoms with Crippen molar-refractivity contribution in [2.24, 2.45) is 0 Å². The fraction of sp³-hybridized carbons (Fsp3) is 0.217. The first-order chi connectivity index (χ1) is 16.8. The molecule has 1 aliphatic rings. The number of piperazine rings is 1. The molecule has 0 unspecified atom stereocenters. The van der Waals surface area contributed by atoms with Crippen molar-refractivity contribution >= 4 is 58.5 Å². The van der Waals surface area contributed by atoms with Crippen LogP contribution in [0, 0.1) is 11.6 Å². The summed E-state index contributed by atoms with van der Waals surface area (Å²) >= 11 is 12.0. The Hall–Kier alpha value is -3.34. The molecule has 1 aromatic heterocycles. The molecule has 182 valence electrons. The first-order valence-corrected chi connectivity index (χ1v) is 11.3. The number of rotatable bonds is 6. The van der Waals surface area contributed by atoms with E-state index in [1.165, 1.54) is 18.2 Å². The maximum atomic E-state index is 15.0. The molecular formula is C23H20Cl2F2N6O2. The van der Waals surface area contributed by atoms with Crippen LogP contribution in [0.4, 0.5) is 31.8 Å². The molecule has 2 heterocycles. The summed E-state index contributed by atoms with van der Waals surface area (Å²) < 4.78 is 29.0. The Morgan fingerprint density at radius 3 is 2.49 bits per heavy atom. The van der Waals surface area contributed by atoms with E-state index in [1.54, 1.807) is 12.1 Å². The minimum Gasteiger partial charge on any atom is -0.367 e. The van der Waals surface area contributed by atoms with Gasteiger partial charge in [0.15, 0.2) is 5.69 Å². The van der Waals surface area contributed by atoms with Gasteiger partial charge >= 0.3 is 0 Å². The van der Waals surface area contributed by atoms with Gasteiger partial charge in [-0.2, -0.15) is 0 Å². The zero-order valence-corrected chi connectivity index (χ0v) is 20.0. The topological polar surface area (TPSA) is 81.7 Å². The van der Waals surface area contributed by atoms with Crippen LogP contribution in [0.25, 0.3) is 0 Å². The molecule has 1 N–H and O–H groups in total. The molecule has 35 heavy (non-hydrogen) atoms. The number of para-hydroxylation sites is 1. The number of halogens is 4. The van der Waals surface area contributed by atoms with Crippen molar-refractivity contribution in [3.8, 4) is 0 Å². The fourth-order valence-electron chi connectivity index (χ4n) is 3.60. The van der Waals surface area contributed by atoms with Crippen LogP contribution in [-0.4, -0.2) is 60.4 Å². The highest BCUT2D eigenvalue weighted by Gasteiger charge is 2.22. The molecule has 0 aliphatic carbocycles. The van der Waals surface area contributed by atoms with Gasteiger partial charge in [0.25, 0.3) is 5.91 Å². The minimum atomic E-state index is -0.868. The third-order valence-corrected chi connectivity index (χ3v) is 6.11. The largest absolute Gasteiger partial charge is 0.367 e. The number of carbonyl (C=O) groups is 2. The lowest BCUT2D eigenvalue weighted by atomic mass is 10.2. The summed E-state index contributed by atoms with van der Waals surface area (Å²) in [5, 5.41) is 2.16. The van der Waals surface area contributed by atoms with E-state index in [0.29, 0.717) is 25.2 Å². The molecule has 3 aromatic rings. The summed E-state index contributed by atoms with van der Waals surface area (Å²) in [6.07, 6.45) is 1.51. The van der Waals surface area contributed by atoms with Gasteiger partial charge < -0.3 is 15.1 Å². The molecule has 1 aliphatic heterocycles. The van der Waals surface area contributed by atoms with E-state index in [2.05, 4.69) is 20.2 Å². The third-order valence-electron chi connectivity index (χ3n) is 5.52. The van der Waals surface area contributed by atoms with Crippen LogP contribution >= 0.6 is 23.2 Å². The lowest BCUT2D eigenvalue weighted by Crippen LogP contribution is -2.44. The summed E-state index contributed by atoms with van der Waals surface area (Å²) in [5.41, 5.74) is 0.00864. The van der Waals surface area contributed by atoms with E-state index in [4.69, 9.17) is 23.2 Å². The molecule has 0 atom stereocenters. The Balaban J connectivity index is 1.60. The van der Waals surface area contributed by atoms with E-state index >= 15 is 0 Å². The molecule has 2 amide bonds. The van der Waals surface area contributed by atoms with Gasteiger partial charge in [0.1, 0.15) is 11.6 Å². The van der Waals surface area contributed by atoms with Gasteiger partial charge in [0, 0.05) is 32.2 Å². The number of amides is 2. The quantitative estimate of drug-likeness (QED) is 0.486. The van der Waals surface area contributed by atoms with Crippen molar-refractivity contribution in [3.05, 3.63) is 70.0 Å². The third kappa shape index (κ3) is 5.34. The highest BCUT2D eigenvalue weighted by Crippen LogP contribution is 2.30. The average Bonchev–Trinajstić information content (AvgIpc) is 2.84. The lowest BCUT2D eigenvalue weighted by molar-refractivity contribution is -0.106. The van der Waals surface area contributed by atoms with Gasteiger partial charge in [-0.15, -0.1) is 0 Å². The van der Waals surface area contributed by atoms with Crippen molar-refractivity contribution in [2.75, 3.05) is 48.3 Å². The second kappa shape index (κ2) is 10.5. The molecular weight excluding hydrogens is 501 g/mol. The van der Waals surface area contributed by atoms with Crippen LogP contribution in [-0.2, 0) is 4.79 Å². The number of aromatic nitrogens is 2. The standard InChI is InChI=1S/C23H20Cl2F2N6O2/c1-31-7-9-32(10-8-31)19-6-5-14(11-18(19)27)33(13-34)23-28-12-16(25)21(30-23)22(35)29-20-15(24)3-2-4-17(20)26/h2-6,11-13H,7-10H2,1H3,(H,29,35). The average molecular weight is 521 g/mol. The number of nitrogens with one attached hydrogen (secondary N) is 1. The van der Waals surface area contributed by atoms with Crippen LogP contribution in [0.1, 0.15) is 10.5 Å². The predicted octanol–water partition coefficient (Wildman–Crippen LogP) is 4.36. The van der Waals surface area contributed by atoms with Crippen molar-refractivity contribution in [1.29, 1.82) is 0 Å². The minimum absolute atomic E-state index is 0.0193. The molecule has 0 saturated carbocycles. The van der Waals surface area contributed by atoms with Gasteiger partial charge in [0.05, 0.1) is 33.3 Å². The van der Waals surface area contributed by atoms with Crippen molar-refractivity contribution in [2.45, 2.75) is 0 Å². The van der Waals surface area contributed by atoms with Crippen molar-refractivity contribution < 1.29 is 18.4 Å². The first-order valence-electron chi connectivity index (χ1n) is 10.5. The number of hydrogen-bond donors (Lipinski definition) is 1. The number of hydrogen-bond acceptors (Lipinski definition) is 6. The zero-order chi connectivity index (χ0) is 25.1. The fourth-order valence-corrected chi connectivity index (χ4v) is 3.98. The number of carbonyl (C=O) groups excluding carboxylic acids is 2. The van der Waals surface area contributed by atoms with Crippen molar-refractivity contribution in [1.82, 2.24) is 14.9 Å². The Morgan fingerprint density at radius 1 is 1.09 bits per heavy atom. The molecule has 2 aromatic carbocycles. The van der Waals surface area contributed by atoms with Gasteiger partial charge in [-0.1, -0.05) is 29.3 Å². The Bertz CT molecular complexity index is 1250. The normalized spacial score (nSPS) is 14.0. The predicted molar refractivity (Wildman–Crippen MR) is 131 cm³/mol. The zero-order valence-electron chi connectivity index (χ0n) is 18.5. The number of benzene rings is 2. The summed E-state index contributed by atoms with van der Waals surface area (Å²) in [5.74, 6) is -2.35. The van der Waals surface area contributed by atoms with Crippen LogP contribution in [0.5, 0.6) is 0 Å². The van der Waals surface area contributed by atoms with Gasteiger partial charge in [-0.25, -0.2) is 18.7 Å². The second-order valence-electron chi connectivity index (χ2n) is 7.82. The summed E-state index contributed by atoms with van der Waals surface area (Å²) in [4.78, 5) is 37.8. The molecule has 0 bridgehead atoms. The molecule has 0 radical (unpaired) electrons. The Kier molecular flexibility index (Phi) is 7.44. The van der Waals surface area contributed by atoms with E-state index < -0.39 is 17.5 Å². The van der Waals surface area contributed by atoms with Gasteiger partial charge in [0.2, 0.25) is 12.4 Å². The Labute approximate surface area is 210 Å². The monoisotopic (exact) mass is 520 g/mol. The highest BCUT2D eigenvalue weighted by atomic mass is 35.5. The number of anilines is 4. The molecule has 12 heteroatoms. The smallest absolute Gasteiger partial charge is 0.276 e. The van der Waals surface area contributed by atoms with Crippen LogP contribution in [0.15, 0.2) is 42.6 Å². The first kappa shape index (κ1) is 24.8. The number of likely N-dealkylation sites (N-methyl/N-ethyl adjacent to an activating group) is 1. The van der Waals surface area contributed by atoms with Crippen molar-refractivity contribution in [3.63, 3.8) is 0 Å². The van der Waals surface area contributed by atoms with E-state index in [9.17, 15) is 18.4 Å². The maximum Gasteiger partial charge on any atom is 0.276 e. The molecule has 1 saturated heterocycles. The summed E-state index contributed by atoms with van der Waals surface area (Å²) in [6, 6.07) is 8.25. The van der Waals surface area contributed by atoms with E-state index in [-0.39, 0.29) is 33.1 Å². The molecule has 4 rings (SSSR count). The van der Waals surface area contributed by atoms with Gasteiger partial charge in [-0.05, 0) is 31.3 Å². The number of nitrogens with zero attached hydrogens (tertiary/aromatic N) is 5. The maximum absolute atomic E-state index is 15.0. The Morgan fingerprint density at radius 2 is 1.83 bits per heavy atom. The molecule has 8 nitrogen and oxygen atoms in total. The SMILES string of the molecule is CN1CCN(c2ccc(N(C=O)c3ncc(Cl)c(C(=O)Nc4c(F)cccc4Cl)n3)cc2F)CC1.